The number of fused-ring (bicyclic) bond motifs is 4. The summed E-state index contributed by atoms with van der Waals surface area (Å²) in [6.07, 6.45) is 8.36. The van der Waals surface area contributed by atoms with Gasteiger partial charge in [-0.2, -0.15) is 5.10 Å². The van der Waals surface area contributed by atoms with Crippen molar-refractivity contribution < 1.29 is 0 Å². The fraction of sp³-hybridized carbons (Fsp3) is 0.812. The van der Waals surface area contributed by atoms with E-state index in [0.29, 0.717) is 0 Å². The van der Waals surface area contributed by atoms with E-state index in [1.165, 1.54) is 51.0 Å². The third kappa shape index (κ3) is 3.07. The lowest BCUT2D eigenvalue weighted by molar-refractivity contribution is 0.131. The van der Waals surface area contributed by atoms with Gasteiger partial charge >= 0.3 is 0 Å². The molecule has 3 fully saturated rings. The summed E-state index contributed by atoms with van der Waals surface area (Å²) in [6, 6.07) is 0.787. The van der Waals surface area contributed by atoms with Gasteiger partial charge in [0.05, 0.1) is 6.20 Å². The molecule has 0 radical (unpaired) electrons. The number of piperidine rings is 1. The van der Waals surface area contributed by atoms with Crippen LogP contribution in [0.25, 0.3) is 0 Å². The molecule has 4 heteroatoms. The third-order valence-corrected chi connectivity index (χ3v) is 4.83. The molecule has 0 saturated carbocycles. The Labute approximate surface area is 122 Å². The van der Waals surface area contributed by atoms with Crippen LogP contribution in [0.4, 0.5) is 0 Å². The van der Waals surface area contributed by atoms with Crippen molar-refractivity contribution in [2.75, 3.05) is 26.2 Å². The average molecular weight is 276 g/mol. The van der Waals surface area contributed by atoms with Crippen molar-refractivity contribution in [1.82, 2.24) is 19.6 Å². The number of aryl methyl sites for hydroxylation is 1. The lowest BCUT2D eigenvalue weighted by atomic mass is 9.95. The summed E-state index contributed by atoms with van der Waals surface area (Å²) in [5.41, 5.74) is 1.37. The molecule has 20 heavy (non-hydrogen) atoms. The maximum atomic E-state index is 4.40. The van der Waals surface area contributed by atoms with Crippen molar-refractivity contribution in [1.29, 1.82) is 0 Å². The van der Waals surface area contributed by atoms with Gasteiger partial charge in [0.2, 0.25) is 0 Å². The van der Waals surface area contributed by atoms with E-state index >= 15 is 0 Å². The lowest BCUT2D eigenvalue weighted by Gasteiger charge is -2.35. The average Bonchev–Trinajstić information content (AvgIpc) is 2.72. The zero-order valence-corrected chi connectivity index (χ0v) is 13.0. The van der Waals surface area contributed by atoms with Gasteiger partial charge in [-0.15, -0.1) is 0 Å². The molecule has 3 aliphatic rings. The molecule has 0 N–H and O–H groups in total. The third-order valence-electron chi connectivity index (χ3n) is 4.83. The molecule has 2 bridgehead atoms. The Kier molecular flexibility index (Phi) is 4.41. The van der Waals surface area contributed by atoms with Gasteiger partial charge < -0.3 is 0 Å². The Morgan fingerprint density at radius 3 is 2.85 bits per heavy atom. The molecule has 0 unspecified atom stereocenters. The highest BCUT2D eigenvalue weighted by atomic mass is 15.3. The molecule has 4 heterocycles. The SMILES string of the molecule is CCCN1C[C@@H]2CC[C@H]1CN(Cc1cnn(CC)c1)C2. The van der Waals surface area contributed by atoms with Gasteiger partial charge in [-0.05, 0) is 38.6 Å². The molecule has 4 rings (SSSR count). The van der Waals surface area contributed by atoms with Crippen LogP contribution in [0.2, 0.25) is 0 Å². The van der Waals surface area contributed by atoms with Crippen LogP contribution in [0.15, 0.2) is 12.4 Å². The van der Waals surface area contributed by atoms with Crippen LogP contribution < -0.4 is 0 Å². The smallest absolute Gasteiger partial charge is 0.0534 e. The zero-order valence-electron chi connectivity index (χ0n) is 13.0. The van der Waals surface area contributed by atoms with Gasteiger partial charge in [-0.3, -0.25) is 14.5 Å². The number of hydrogen-bond acceptors (Lipinski definition) is 3. The molecular weight excluding hydrogens is 248 g/mol. The first-order valence-electron chi connectivity index (χ1n) is 8.26. The molecule has 1 aromatic rings. The first-order valence-corrected chi connectivity index (χ1v) is 8.26. The van der Waals surface area contributed by atoms with Crippen molar-refractivity contribution in [3.05, 3.63) is 18.0 Å². The van der Waals surface area contributed by atoms with Crippen LogP contribution in [0.5, 0.6) is 0 Å². The maximum Gasteiger partial charge on any atom is 0.0534 e. The Balaban J connectivity index is 1.64. The summed E-state index contributed by atoms with van der Waals surface area (Å²) in [5, 5.41) is 4.40. The summed E-state index contributed by atoms with van der Waals surface area (Å²) in [7, 11) is 0. The van der Waals surface area contributed by atoms with E-state index in [4.69, 9.17) is 0 Å². The minimum absolute atomic E-state index is 0.787. The molecule has 3 aliphatic heterocycles. The van der Waals surface area contributed by atoms with Crippen LogP contribution >= 0.6 is 0 Å². The first kappa shape index (κ1) is 14.1. The minimum Gasteiger partial charge on any atom is -0.299 e. The summed E-state index contributed by atoms with van der Waals surface area (Å²) in [4.78, 5) is 5.40. The molecule has 0 aliphatic carbocycles. The summed E-state index contributed by atoms with van der Waals surface area (Å²) in [5.74, 6) is 0.876. The van der Waals surface area contributed by atoms with E-state index in [0.717, 1.165) is 25.0 Å². The number of rotatable bonds is 5. The standard InChI is InChI=1S/C16H28N4/c1-3-7-19-11-14-5-6-16(19)13-18(9-14)10-15-8-17-20(4-2)12-15/h8,12,14,16H,3-7,9-11,13H2,1-2H3/t14-,16+/m1/s1. The lowest BCUT2D eigenvalue weighted by Crippen LogP contribution is -2.44. The van der Waals surface area contributed by atoms with E-state index in [1.807, 2.05) is 10.9 Å². The second-order valence-corrected chi connectivity index (χ2v) is 6.49. The van der Waals surface area contributed by atoms with Crippen molar-refractivity contribution >= 4 is 0 Å². The summed E-state index contributed by atoms with van der Waals surface area (Å²) >= 11 is 0. The van der Waals surface area contributed by atoms with E-state index in [2.05, 4.69) is 34.9 Å². The van der Waals surface area contributed by atoms with Crippen molar-refractivity contribution in [3.8, 4) is 0 Å². The second kappa shape index (κ2) is 6.27. The van der Waals surface area contributed by atoms with E-state index in [9.17, 15) is 0 Å². The molecule has 1 aromatic heterocycles. The van der Waals surface area contributed by atoms with Crippen molar-refractivity contribution in [2.24, 2.45) is 5.92 Å². The highest BCUT2D eigenvalue weighted by Gasteiger charge is 2.34. The normalized spacial score (nSPS) is 27.9. The van der Waals surface area contributed by atoms with Crippen LogP contribution in [-0.2, 0) is 13.1 Å². The van der Waals surface area contributed by atoms with Crippen molar-refractivity contribution in [3.63, 3.8) is 0 Å². The second-order valence-electron chi connectivity index (χ2n) is 6.49. The predicted molar refractivity (Wildman–Crippen MR) is 81.6 cm³/mol. The Morgan fingerprint density at radius 1 is 1.20 bits per heavy atom. The van der Waals surface area contributed by atoms with Gasteiger partial charge in [-0.1, -0.05) is 6.92 Å². The van der Waals surface area contributed by atoms with Gasteiger partial charge in [0.15, 0.2) is 0 Å². The molecule has 2 atom stereocenters. The maximum absolute atomic E-state index is 4.40. The molecule has 0 amide bonds. The van der Waals surface area contributed by atoms with Crippen LogP contribution in [0.1, 0.15) is 38.7 Å². The fourth-order valence-corrected chi connectivity index (χ4v) is 3.89. The number of nitrogens with zero attached hydrogens (tertiary/aromatic N) is 4. The van der Waals surface area contributed by atoms with Crippen LogP contribution in [0.3, 0.4) is 0 Å². The molecule has 0 aromatic carbocycles. The summed E-state index contributed by atoms with van der Waals surface area (Å²) in [6.45, 7) is 11.6. The van der Waals surface area contributed by atoms with Gasteiger partial charge in [0.25, 0.3) is 0 Å². The number of aromatic nitrogens is 2. The van der Waals surface area contributed by atoms with Gasteiger partial charge in [0.1, 0.15) is 0 Å². The molecule has 0 spiro atoms. The summed E-state index contributed by atoms with van der Waals surface area (Å²) < 4.78 is 2.03. The molecular formula is C16H28N4. The van der Waals surface area contributed by atoms with Gasteiger partial charge in [0, 0.05) is 50.5 Å². The monoisotopic (exact) mass is 276 g/mol. The van der Waals surface area contributed by atoms with E-state index in [-0.39, 0.29) is 0 Å². The Morgan fingerprint density at radius 2 is 2.10 bits per heavy atom. The zero-order chi connectivity index (χ0) is 13.9. The highest BCUT2D eigenvalue weighted by Crippen LogP contribution is 2.28. The van der Waals surface area contributed by atoms with E-state index < -0.39 is 0 Å². The molecule has 4 nitrogen and oxygen atoms in total. The molecule has 112 valence electrons. The molecule has 3 saturated heterocycles. The van der Waals surface area contributed by atoms with E-state index in [1.54, 1.807) is 0 Å². The topological polar surface area (TPSA) is 24.3 Å². The Bertz CT molecular complexity index is 428. The largest absolute Gasteiger partial charge is 0.299 e. The predicted octanol–water partition coefficient (Wildman–Crippen LogP) is 2.21. The fourth-order valence-electron chi connectivity index (χ4n) is 3.89. The van der Waals surface area contributed by atoms with Crippen LogP contribution in [-0.4, -0.2) is 51.8 Å². The van der Waals surface area contributed by atoms with Gasteiger partial charge in [-0.25, -0.2) is 0 Å². The first-order chi connectivity index (χ1) is 9.78. The number of hydrogen-bond donors (Lipinski definition) is 0. The quantitative estimate of drug-likeness (QED) is 0.824. The van der Waals surface area contributed by atoms with Crippen LogP contribution in [0, 0.1) is 5.92 Å². The Hall–Kier alpha value is -0.870. The highest BCUT2D eigenvalue weighted by molar-refractivity contribution is 5.04. The minimum atomic E-state index is 0.787. The van der Waals surface area contributed by atoms with Crippen molar-refractivity contribution in [2.45, 2.75) is 52.2 Å².